The minimum Gasteiger partial charge on any atom is -0.440 e. The third-order valence-corrected chi connectivity index (χ3v) is 7.91. The van der Waals surface area contributed by atoms with Crippen molar-refractivity contribution in [3.8, 4) is 0 Å². The molecule has 3 rings (SSSR count). The number of sulfonamides is 1. The van der Waals surface area contributed by atoms with Gasteiger partial charge in [0.25, 0.3) is 0 Å². The maximum Gasteiger partial charge on any atom is 0.422 e. The number of piperidine rings is 2. The maximum atomic E-state index is 13.1. The number of amides is 2. The van der Waals surface area contributed by atoms with E-state index >= 15 is 0 Å². The number of nitrogens with zero attached hydrogens (tertiary/aromatic N) is 2. The van der Waals surface area contributed by atoms with E-state index in [1.165, 1.54) is 10.4 Å². The second-order valence-corrected chi connectivity index (χ2v) is 10.3. The van der Waals surface area contributed by atoms with Crippen LogP contribution >= 0.6 is 0 Å². The Kier molecular flexibility index (Phi) is 7.88. The maximum absolute atomic E-state index is 13.1. The summed E-state index contributed by atoms with van der Waals surface area (Å²) in [6, 6.07) is 4.73. The summed E-state index contributed by atoms with van der Waals surface area (Å²) in [6.45, 7) is 1.19. The predicted molar refractivity (Wildman–Crippen MR) is 114 cm³/mol. The molecule has 0 bridgehead atoms. The van der Waals surface area contributed by atoms with Gasteiger partial charge in [0.1, 0.15) is 0 Å². The standard InChI is InChI=1S/C21H28F3N3O5S/c1-15-5-6-17(13-18(15)33(30,31)27-9-3-2-4-10-27)25-19(28)16-7-11-26(12-8-16)20(29)32-14-21(22,23)24/h5-6,13,16H,2-4,7-12,14H2,1H3,(H,25,28). The zero-order valence-corrected chi connectivity index (χ0v) is 19.2. The van der Waals surface area contributed by atoms with Gasteiger partial charge in [0.05, 0.1) is 4.90 Å². The molecular formula is C21H28F3N3O5S. The Bertz CT molecular complexity index is 970. The SMILES string of the molecule is Cc1ccc(NC(=O)C2CCN(C(=O)OCC(F)(F)F)CC2)cc1S(=O)(=O)N1CCCCC1. The Morgan fingerprint density at radius 1 is 1.09 bits per heavy atom. The first-order chi connectivity index (χ1) is 15.5. The van der Waals surface area contributed by atoms with Gasteiger partial charge in [-0.3, -0.25) is 4.79 Å². The minimum absolute atomic E-state index is 0.0945. The monoisotopic (exact) mass is 491 g/mol. The number of ether oxygens (including phenoxy) is 1. The molecule has 0 aromatic heterocycles. The predicted octanol–water partition coefficient (Wildman–Crippen LogP) is 3.52. The van der Waals surface area contributed by atoms with Crippen molar-refractivity contribution in [1.82, 2.24) is 9.21 Å². The number of carbonyl (C=O) groups excluding carboxylic acids is 2. The van der Waals surface area contributed by atoms with Gasteiger partial charge >= 0.3 is 12.3 Å². The van der Waals surface area contributed by atoms with Gasteiger partial charge in [0.15, 0.2) is 6.61 Å². The Morgan fingerprint density at radius 3 is 2.33 bits per heavy atom. The van der Waals surface area contributed by atoms with Crippen LogP contribution in [0.25, 0.3) is 0 Å². The van der Waals surface area contributed by atoms with Crippen LogP contribution in [0.4, 0.5) is 23.7 Å². The van der Waals surface area contributed by atoms with Crippen molar-refractivity contribution in [3.05, 3.63) is 23.8 Å². The van der Waals surface area contributed by atoms with Crippen molar-refractivity contribution in [2.75, 3.05) is 38.1 Å². The first-order valence-corrected chi connectivity index (χ1v) is 12.3. The Morgan fingerprint density at radius 2 is 1.73 bits per heavy atom. The fourth-order valence-corrected chi connectivity index (χ4v) is 5.77. The number of hydrogen-bond acceptors (Lipinski definition) is 5. The average Bonchev–Trinajstić information content (AvgIpc) is 2.78. The molecule has 0 spiro atoms. The zero-order valence-electron chi connectivity index (χ0n) is 18.4. The number of hydrogen-bond donors (Lipinski definition) is 1. The molecule has 184 valence electrons. The number of carbonyl (C=O) groups is 2. The molecule has 2 aliphatic rings. The molecule has 0 radical (unpaired) electrons. The lowest BCUT2D eigenvalue weighted by Crippen LogP contribution is -2.42. The van der Waals surface area contributed by atoms with Crippen LogP contribution in [0.1, 0.15) is 37.7 Å². The highest BCUT2D eigenvalue weighted by Crippen LogP contribution is 2.27. The van der Waals surface area contributed by atoms with Gasteiger partial charge in [-0.15, -0.1) is 0 Å². The average molecular weight is 492 g/mol. The van der Waals surface area contributed by atoms with Crippen molar-refractivity contribution < 1.29 is 35.9 Å². The topological polar surface area (TPSA) is 96.0 Å². The lowest BCUT2D eigenvalue weighted by molar-refractivity contribution is -0.162. The fraction of sp³-hybridized carbons (Fsp3) is 0.619. The molecule has 0 unspecified atom stereocenters. The van der Waals surface area contributed by atoms with Gasteiger partial charge in [-0.2, -0.15) is 17.5 Å². The third-order valence-electron chi connectivity index (χ3n) is 5.87. The van der Waals surface area contributed by atoms with E-state index in [0.29, 0.717) is 24.3 Å². The van der Waals surface area contributed by atoms with Crippen molar-refractivity contribution in [2.45, 2.75) is 50.1 Å². The largest absolute Gasteiger partial charge is 0.440 e. The molecule has 2 amide bonds. The van der Waals surface area contributed by atoms with Crippen molar-refractivity contribution >= 4 is 27.7 Å². The van der Waals surface area contributed by atoms with E-state index in [1.807, 2.05) is 0 Å². The lowest BCUT2D eigenvalue weighted by Gasteiger charge is -2.30. The normalized spacial score (nSPS) is 18.7. The van der Waals surface area contributed by atoms with E-state index in [9.17, 15) is 31.2 Å². The van der Waals surface area contributed by atoms with Gasteiger partial charge in [-0.1, -0.05) is 12.5 Å². The number of rotatable bonds is 5. The van der Waals surface area contributed by atoms with Crippen LogP contribution in [0.5, 0.6) is 0 Å². The number of alkyl halides is 3. The van der Waals surface area contributed by atoms with Crippen LogP contribution in [0.2, 0.25) is 0 Å². The Labute approximate surface area is 191 Å². The summed E-state index contributed by atoms with van der Waals surface area (Å²) in [7, 11) is -3.66. The highest BCUT2D eigenvalue weighted by molar-refractivity contribution is 7.89. The number of likely N-dealkylation sites (tertiary alicyclic amines) is 1. The number of nitrogens with one attached hydrogen (secondary N) is 1. The molecule has 2 aliphatic heterocycles. The summed E-state index contributed by atoms with van der Waals surface area (Å²) in [6.07, 6.45) is -2.50. The highest BCUT2D eigenvalue weighted by atomic mass is 32.2. The van der Waals surface area contributed by atoms with Gasteiger partial charge < -0.3 is 15.0 Å². The van der Waals surface area contributed by atoms with Gasteiger partial charge in [0.2, 0.25) is 15.9 Å². The van der Waals surface area contributed by atoms with E-state index in [1.54, 1.807) is 19.1 Å². The molecule has 12 heteroatoms. The van der Waals surface area contributed by atoms with E-state index in [0.717, 1.165) is 24.2 Å². The first kappa shape index (κ1) is 25.3. The molecule has 2 saturated heterocycles. The Hall–Kier alpha value is -2.34. The lowest BCUT2D eigenvalue weighted by atomic mass is 9.96. The molecule has 0 aliphatic carbocycles. The Balaban J connectivity index is 1.59. The number of benzene rings is 1. The quantitative estimate of drug-likeness (QED) is 0.680. The summed E-state index contributed by atoms with van der Waals surface area (Å²) in [5.41, 5.74) is 0.942. The minimum atomic E-state index is -4.60. The molecule has 2 heterocycles. The summed E-state index contributed by atoms with van der Waals surface area (Å²) in [5, 5.41) is 2.74. The molecule has 1 N–H and O–H groups in total. The van der Waals surface area contributed by atoms with Crippen LogP contribution < -0.4 is 5.32 Å². The molecule has 1 aromatic rings. The molecular weight excluding hydrogens is 463 g/mol. The number of aryl methyl sites for hydroxylation is 1. The van der Waals surface area contributed by atoms with Crippen LogP contribution in [0.15, 0.2) is 23.1 Å². The summed E-state index contributed by atoms with van der Waals surface area (Å²) in [5.74, 6) is -0.788. The summed E-state index contributed by atoms with van der Waals surface area (Å²) < 4.78 is 68.4. The van der Waals surface area contributed by atoms with Crippen LogP contribution in [-0.4, -0.2) is 68.6 Å². The molecule has 0 atom stereocenters. The molecule has 8 nitrogen and oxygen atoms in total. The molecule has 33 heavy (non-hydrogen) atoms. The van der Waals surface area contributed by atoms with Gasteiger partial charge in [-0.05, 0) is 50.3 Å². The second kappa shape index (κ2) is 10.3. The third kappa shape index (κ3) is 6.59. The van der Waals surface area contributed by atoms with Gasteiger partial charge in [0, 0.05) is 37.8 Å². The zero-order chi connectivity index (χ0) is 24.2. The summed E-state index contributed by atoms with van der Waals surface area (Å²) in [4.78, 5) is 25.7. The van der Waals surface area contributed by atoms with E-state index in [-0.39, 0.29) is 36.7 Å². The van der Waals surface area contributed by atoms with E-state index in [2.05, 4.69) is 10.1 Å². The van der Waals surface area contributed by atoms with Crippen molar-refractivity contribution in [1.29, 1.82) is 0 Å². The van der Waals surface area contributed by atoms with E-state index < -0.39 is 34.8 Å². The first-order valence-electron chi connectivity index (χ1n) is 10.9. The van der Waals surface area contributed by atoms with Crippen LogP contribution in [-0.2, 0) is 19.6 Å². The fourth-order valence-electron chi connectivity index (χ4n) is 4.00. The van der Waals surface area contributed by atoms with Crippen LogP contribution in [0, 0.1) is 12.8 Å². The van der Waals surface area contributed by atoms with Gasteiger partial charge in [-0.25, -0.2) is 13.2 Å². The smallest absolute Gasteiger partial charge is 0.422 e. The highest BCUT2D eigenvalue weighted by Gasteiger charge is 2.33. The number of halogens is 3. The van der Waals surface area contributed by atoms with Crippen LogP contribution in [0.3, 0.4) is 0 Å². The molecule has 2 fully saturated rings. The second-order valence-electron chi connectivity index (χ2n) is 8.37. The summed E-state index contributed by atoms with van der Waals surface area (Å²) >= 11 is 0. The molecule has 1 aromatic carbocycles. The molecule has 0 saturated carbocycles. The number of anilines is 1. The van der Waals surface area contributed by atoms with Crippen molar-refractivity contribution in [2.24, 2.45) is 5.92 Å². The van der Waals surface area contributed by atoms with E-state index in [4.69, 9.17) is 0 Å². The van der Waals surface area contributed by atoms with Crippen molar-refractivity contribution in [3.63, 3.8) is 0 Å².